The van der Waals surface area contributed by atoms with Crippen molar-refractivity contribution in [2.24, 2.45) is 0 Å². The van der Waals surface area contributed by atoms with Crippen molar-refractivity contribution in [1.82, 2.24) is 0 Å². The SMILES string of the molecule is Cc1ccc(N(c2ccc(C)cc2)c2cc3c(c4ccccc24)-c2cc4c(cc2C3(C)C)B2c3ccccc3Oc3cccc(c32)O4)cc1. The van der Waals surface area contributed by atoms with Crippen molar-refractivity contribution in [2.45, 2.75) is 33.1 Å². The van der Waals surface area contributed by atoms with Gasteiger partial charge in [0, 0.05) is 27.6 Å². The predicted molar refractivity (Wildman–Crippen MR) is 203 cm³/mol. The van der Waals surface area contributed by atoms with Crippen LogP contribution in [-0.2, 0) is 5.41 Å². The van der Waals surface area contributed by atoms with Gasteiger partial charge in [0.15, 0.2) is 0 Å². The summed E-state index contributed by atoms with van der Waals surface area (Å²) in [6, 6.07) is 48.5. The van der Waals surface area contributed by atoms with Gasteiger partial charge in [0.05, 0.1) is 5.69 Å². The molecule has 4 heteroatoms. The molecule has 0 unspecified atom stereocenters. The average Bonchev–Trinajstić information content (AvgIpc) is 3.34. The van der Waals surface area contributed by atoms with Crippen LogP contribution >= 0.6 is 0 Å². The van der Waals surface area contributed by atoms with Gasteiger partial charge in [0.1, 0.15) is 23.0 Å². The van der Waals surface area contributed by atoms with Gasteiger partial charge in [0.2, 0.25) is 0 Å². The van der Waals surface area contributed by atoms with Crippen LogP contribution < -0.4 is 30.8 Å². The topological polar surface area (TPSA) is 21.7 Å². The first-order valence-electron chi connectivity index (χ1n) is 17.1. The van der Waals surface area contributed by atoms with E-state index in [1.54, 1.807) is 0 Å². The van der Waals surface area contributed by atoms with E-state index in [0.717, 1.165) is 39.8 Å². The summed E-state index contributed by atoms with van der Waals surface area (Å²) in [7, 11) is 0. The summed E-state index contributed by atoms with van der Waals surface area (Å²) < 4.78 is 13.2. The van der Waals surface area contributed by atoms with E-state index in [1.807, 2.05) is 6.07 Å². The number of hydrogen-bond donors (Lipinski definition) is 0. The third-order valence-corrected chi connectivity index (χ3v) is 10.9. The Morgan fingerprint density at radius 3 is 1.82 bits per heavy atom. The predicted octanol–water partition coefficient (Wildman–Crippen LogP) is 9.96. The maximum Gasteiger partial charge on any atom is 0.260 e. The quantitative estimate of drug-likeness (QED) is 0.181. The van der Waals surface area contributed by atoms with Gasteiger partial charge in [-0.05, 0) is 107 Å². The molecule has 49 heavy (non-hydrogen) atoms. The van der Waals surface area contributed by atoms with Gasteiger partial charge in [-0.15, -0.1) is 0 Å². The van der Waals surface area contributed by atoms with E-state index >= 15 is 0 Å². The van der Waals surface area contributed by atoms with E-state index in [0.29, 0.717) is 0 Å². The zero-order valence-corrected chi connectivity index (χ0v) is 28.0. The highest BCUT2D eigenvalue weighted by Crippen LogP contribution is 2.55. The molecule has 0 spiro atoms. The smallest absolute Gasteiger partial charge is 0.260 e. The van der Waals surface area contributed by atoms with Gasteiger partial charge in [-0.25, -0.2) is 0 Å². The highest BCUT2D eigenvalue weighted by Gasteiger charge is 2.44. The van der Waals surface area contributed by atoms with Crippen molar-refractivity contribution in [3.05, 3.63) is 156 Å². The van der Waals surface area contributed by atoms with Gasteiger partial charge < -0.3 is 14.4 Å². The zero-order valence-electron chi connectivity index (χ0n) is 28.0. The molecule has 7 aromatic rings. The number of rotatable bonds is 3. The minimum atomic E-state index is -0.255. The Hall–Kier alpha value is -5.74. The van der Waals surface area contributed by atoms with Crippen LogP contribution in [0.25, 0.3) is 21.9 Å². The fourth-order valence-corrected chi connectivity index (χ4v) is 8.43. The summed E-state index contributed by atoms with van der Waals surface area (Å²) in [6.45, 7) is 9.09. The Morgan fingerprint density at radius 1 is 0.531 bits per heavy atom. The van der Waals surface area contributed by atoms with Crippen molar-refractivity contribution in [3.63, 3.8) is 0 Å². The van der Waals surface area contributed by atoms with Crippen molar-refractivity contribution < 1.29 is 9.47 Å². The molecule has 0 fully saturated rings. The van der Waals surface area contributed by atoms with Crippen molar-refractivity contribution in [3.8, 4) is 34.1 Å². The van der Waals surface area contributed by atoms with E-state index in [1.165, 1.54) is 60.8 Å². The number of para-hydroxylation sites is 1. The normalized spacial score (nSPS) is 14.2. The molecule has 0 radical (unpaired) electrons. The Bertz CT molecular complexity index is 2450. The van der Waals surface area contributed by atoms with Crippen LogP contribution in [0.2, 0.25) is 0 Å². The zero-order chi connectivity index (χ0) is 33.0. The maximum absolute atomic E-state index is 6.77. The number of benzene rings is 7. The first kappa shape index (κ1) is 28.3. The Balaban J connectivity index is 1.22. The molecule has 10 rings (SSSR count). The van der Waals surface area contributed by atoms with Gasteiger partial charge in [-0.2, -0.15) is 0 Å². The van der Waals surface area contributed by atoms with Gasteiger partial charge in [-0.1, -0.05) is 104 Å². The fourth-order valence-electron chi connectivity index (χ4n) is 8.43. The van der Waals surface area contributed by atoms with Gasteiger partial charge in [0.25, 0.3) is 6.71 Å². The summed E-state index contributed by atoms with van der Waals surface area (Å²) in [5.41, 5.74) is 14.4. The minimum Gasteiger partial charge on any atom is -0.458 e. The monoisotopic (exact) mass is 631 g/mol. The van der Waals surface area contributed by atoms with Gasteiger partial charge >= 0.3 is 0 Å². The summed E-state index contributed by atoms with van der Waals surface area (Å²) in [6.07, 6.45) is 0. The van der Waals surface area contributed by atoms with Crippen LogP contribution in [0.15, 0.2) is 133 Å². The van der Waals surface area contributed by atoms with Crippen LogP contribution in [0.1, 0.15) is 36.1 Å². The molecule has 0 N–H and O–H groups in total. The Morgan fingerprint density at radius 2 is 1.12 bits per heavy atom. The second-order valence-corrected chi connectivity index (χ2v) is 14.3. The van der Waals surface area contributed by atoms with Crippen LogP contribution in [0.3, 0.4) is 0 Å². The van der Waals surface area contributed by atoms with E-state index in [4.69, 9.17) is 9.47 Å². The summed E-state index contributed by atoms with van der Waals surface area (Å²) in [5, 5.41) is 2.47. The summed E-state index contributed by atoms with van der Waals surface area (Å²) in [4.78, 5) is 2.42. The van der Waals surface area contributed by atoms with Crippen LogP contribution in [-0.4, -0.2) is 6.71 Å². The van der Waals surface area contributed by atoms with Crippen molar-refractivity contribution >= 4 is 50.9 Å². The minimum absolute atomic E-state index is 0.0376. The number of nitrogens with zero attached hydrogens (tertiary/aromatic N) is 1. The van der Waals surface area contributed by atoms with Crippen molar-refractivity contribution in [1.29, 1.82) is 0 Å². The third-order valence-electron chi connectivity index (χ3n) is 10.9. The second kappa shape index (κ2) is 10.1. The number of aryl methyl sites for hydroxylation is 2. The number of hydrogen-bond acceptors (Lipinski definition) is 3. The molecular weight excluding hydrogens is 597 g/mol. The van der Waals surface area contributed by atoms with Crippen molar-refractivity contribution in [2.75, 3.05) is 4.90 Å². The highest BCUT2D eigenvalue weighted by atomic mass is 16.5. The number of ether oxygens (including phenoxy) is 2. The molecule has 2 heterocycles. The number of fused-ring (bicyclic) bond motifs is 9. The van der Waals surface area contributed by atoms with E-state index in [2.05, 4.69) is 160 Å². The Kier molecular flexibility index (Phi) is 5.85. The molecule has 0 amide bonds. The van der Waals surface area contributed by atoms with Crippen LogP contribution in [0, 0.1) is 13.8 Å². The molecule has 0 atom stereocenters. The van der Waals surface area contributed by atoms with Crippen LogP contribution in [0.5, 0.6) is 23.0 Å². The molecule has 0 saturated heterocycles. The molecule has 1 aliphatic carbocycles. The van der Waals surface area contributed by atoms with Crippen LogP contribution in [0.4, 0.5) is 17.1 Å². The van der Waals surface area contributed by atoms with E-state index in [-0.39, 0.29) is 12.1 Å². The molecular formula is C45H34BNO2. The Labute approximate surface area is 287 Å². The molecule has 0 saturated carbocycles. The second-order valence-electron chi connectivity index (χ2n) is 14.3. The molecule has 3 aliphatic rings. The lowest BCUT2D eigenvalue weighted by molar-refractivity contribution is 0.464. The maximum atomic E-state index is 6.77. The molecule has 234 valence electrons. The standard InChI is InChI=1S/C45H34BNO2/c1-27-16-20-29(21-17-27)47(30-22-18-28(2)19-23-30)38-26-35-43(32-11-6-5-10-31(32)38)33-24-42-37(25-34(33)45(35,3)4)46-36-12-7-8-13-39(36)48-40-14-9-15-41(49-42)44(40)46/h5-26H,1-4H3. The molecule has 2 aliphatic heterocycles. The molecule has 0 bridgehead atoms. The highest BCUT2D eigenvalue weighted by molar-refractivity contribution is 6.98. The first-order chi connectivity index (χ1) is 23.9. The third kappa shape index (κ3) is 4.04. The lowest BCUT2D eigenvalue weighted by atomic mass is 9.34. The lowest BCUT2D eigenvalue weighted by Crippen LogP contribution is -2.57. The molecule has 0 aromatic heterocycles. The summed E-state index contributed by atoms with van der Waals surface area (Å²) in [5.74, 6) is 3.57. The lowest BCUT2D eigenvalue weighted by Gasteiger charge is -2.33. The molecule has 3 nitrogen and oxygen atoms in total. The summed E-state index contributed by atoms with van der Waals surface area (Å²) >= 11 is 0. The van der Waals surface area contributed by atoms with E-state index < -0.39 is 0 Å². The fraction of sp³-hybridized carbons (Fsp3) is 0.111. The number of anilines is 3. The average molecular weight is 632 g/mol. The molecule has 7 aromatic carbocycles. The largest absolute Gasteiger partial charge is 0.458 e. The van der Waals surface area contributed by atoms with E-state index in [9.17, 15) is 0 Å². The first-order valence-corrected chi connectivity index (χ1v) is 17.1. The van der Waals surface area contributed by atoms with Gasteiger partial charge in [-0.3, -0.25) is 0 Å².